The van der Waals surface area contributed by atoms with Gasteiger partial charge in [-0.15, -0.1) is 11.3 Å². The average molecular weight is 340 g/mol. The Morgan fingerprint density at radius 1 is 1.55 bits per heavy atom. The maximum absolute atomic E-state index is 6.03. The van der Waals surface area contributed by atoms with Crippen molar-refractivity contribution in [2.75, 3.05) is 14.1 Å². The van der Waals surface area contributed by atoms with E-state index < -0.39 is 0 Å². The fourth-order valence-electron chi connectivity index (χ4n) is 2.19. The van der Waals surface area contributed by atoms with E-state index in [0.29, 0.717) is 6.54 Å². The smallest absolute Gasteiger partial charge is 0.194 e. The van der Waals surface area contributed by atoms with Crippen LogP contribution in [0.5, 0.6) is 0 Å². The third-order valence-electron chi connectivity index (χ3n) is 3.38. The van der Waals surface area contributed by atoms with E-state index in [4.69, 9.17) is 11.6 Å². The Balaban J connectivity index is 1.94. The Labute approximate surface area is 140 Å². The summed E-state index contributed by atoms with van der Waals surface area (Å²) < 4.78 is 2.03. The fraction of sp³-hybridized carbons (Fsp3) is 0.467. The number of hydrogen-bond donors (Lipinski definition) is 1. The van der Waals surface area contributed by atoms with Crippen LogP contribution in [0.3, 0.4) is 0 Å². The van der Waals surface area contributed by atoms with Gasteiger partial charge in [0, 0.05) is 38.4 Å². The van der Waals surface area contributed by atoms with E-state index in [1.807, 2.05) is 30.9 Å². The molecule has 120 valence electrons. The Morgan fingerprint density at radius 3 is 2.86 bits per heavy atom. The molecule has 2 aromatic rings. The minimum absolute atomic E-state index is 0.682. The highest BCUT2D eigenvalue weighted by Crippen LogP contribution is 2.14. The molecular formula is C15H22ClN5S. The first-order valence-electron chi connectivity index (χ1n) is 7.19. The van der Waals surface area contributed by atoms with Gasteiger partial charge in [-0.05, 0) is 12.5 Å². The molecule has 0 saturated heterocycles. The van der Waals surface area contributed by atoms with Crippen molar-refractivity contribution in [2.24, 2.45) is 12.0 Å². The van der Waals surface area contributed by atoms with E-state index in [1.54, 1.807) is 18.4 Å². The number of guanidine groups is 1. The molecule has 2 aromatic heterocycles. The topological polar surface area (TPSA) is 45.5 Å². The molecule has 0 aliphatic heterocycles. The molecule has 0 saturated carbocycles. The average Bonchev–Trinajstić information content (AvgIpc) is 3.06. The molecule has 0 aliphatic rings. The molecule has 7 heteroatoms. The van der Waals surface area contributed by atoms with Crippen LogP contribution in [-0.4, -0.2) is 34.5 Å². The maximum Gasteiger partial charge on any atom is 0.194 e. The van der Waals surface area contributed by atoms with Crippen LogP contribution in [0.1, 0.15) is 23.3 Å². The van der Waals surface area contributed by atoms with Crippen molar-refractivity contribution in [2.45, 2.75) is 26.4 Å². The van der Waals surface area contributed by atoms with Gasteiger partial charge >= 0.3 is 0 Å². The van der Waals surface area contributed by atoms with E-state index in [1.165, 1.54) is 5.01 Å². The minimum Gasteiger partial charge on any atom is -0.351 e. The van der Waals surface area contributed by atoms with Gasteiger partial charge in [0.05, 0.1) is 28.8 Å². The number of aliphatic imine (C=N–C) groups is 1. The molecule has 0 amide bonds. The summed E-state index contributed by atoms with van der Waals surface area (Å²) in [5.41, 5.74) is 2.19. The molecule has 0 unspecified atom stereocenters. The fourth-order valence-corrected chi connectivity index (χ4v) is 3.21. The highest BCUT2D eigenvalue weighted by atomic mass is 35.5. The zero-order valence-corrected chi connectivity index (χ0v) is 15.0. The maximum atomic E-state index is 6.03. The standard InChI is InChI=1S/C15H22ClN5S/c1-5-14-19-12(10-22-14)7-18-15(17-2)21(4)9-13-6-11(16)8-20(13)3/h6,8,10H,5,7,9H2,1-4H3,(H,17,18). The zero-order valence-electron chi connectivity index (χ0n) is 13.4. The van der Waals surface area contributed by atoms with Crippen molar-refractivity contribution in [3.63, 3.8) is 0 Å². The summed E-state index contributed by atoms with van der Waals surface area (Å²) in [5.74, 6) is 0.836. The number of thiazole rings is 1. The van der Waals surface area contributed by atoms with Gasteiger partial charge in [0.25, 0.3) is 0 Å². The lowest BCUT2D eigenvalue weighted by atomic mass is 10.4. The largest absolute Gasteiger partial charge is 0.351 e. The second kappa shape index (κ2) is 7.65. The van der Waals surface area contributed by atoms with Gasteiger partial charge in [0.2, 0.25) is 0 Å². The lowest BCUT2D eigenvalue weighted by molar-refractivity contribution is 0.461. The van der Waals surface area contributed by atoms with Gasteiger partial charge in [-0.3, -0.25) is 4.99 Å². The van der Waals surface area contributed by atoms with Gasteiger partial charge < -0.3 is 14.8 Å². The van der Waals surface area contributed by atoms with Crippen LogP contribution in [0.15, 0.2) is 22.6 Å². The number of aromatic nitrogens is 2. The first-order valence-corrected chi connectivity index (χ1v) is 8.45. The number of rotatable bonds is 5. The Hall–Kier alpha value is -1.53. The molecule has 22 heavy (non-hydrogen) atoms. The van der Waals surface area contributed by atoms with Crippen molar-refractivity contribution in [3.05, 3.63) is 39.1 Å². The second-order valence-corrected chi connectivity index (χ2v) is 6.48. The summed E-state index contributed by atoms with van der Waals surface area (Å²) >= 11 is 7.73. The molecule has 0 bridgehead atoms. The molecule has 0 aliphatic carbocycles. The third-order valence-corrected chi connectivity index (χ3v) is 4.63. The molecule has 0 atom stereocenters. The molecule has 5 nitrogen and oxygen atoms in total. The van der Waals surface area contributed by atoms with Crippen LogP contribution in [-0.2, 0) is 26.6 Å². The van der Waals surface area contributed by atoms with Crippen molar-refractivity contribution < 1.29 is 0 Å². The Bertz CT molecular complexity index is 646. The molecule has 0 spiro atoms. The molecule has 0 aromatic carbocycles. The Kier molecular flexibility index (Phi) is 5.85. The lowest BCUT2D eigenvalue weighted by Crippen LogP contribution is -2.38. The summed E-state index contributed by atoms with van der Waals surface area (Å²) in [7, 11) is 5.79. The number of aryl methyl sites for hydroxylation is 2. The van der Waals surface area contributed by atoms with Gasteiger partial charge in [0.15, 0.2) is 5.96 Å². The zero-order chi connectivity index (χ0) is 16.1. The monoisotopic (exact) mass is 339 g/mol. The highest BCUT2D eigenvalue weighted by molar-refractivity contribution is 7.09. The van der Waals surface area contributed by atoms with Crippen molar-refractivity contribution in [1.82, 2.24) is 19.8 Å². The summed E-state index contributed by atoms with van der Waals surface area (Å²) in [6.07, 6.45) is 2.88. The highest BCUT2D eigenvalue weighted by Gasteiger charge is 2.10. The van der Waals surface area contributed by atoms with E-state index in [9.17, 15) is 0 Å². The lowest BCUT2D eigenvalue weighted by Gasteiger charge is -2.22. The van der Waals surface area contributed by atoms with Crippen LogP contribution in [0.25, 0.3) is 0 Å². The number of hydrogen-bond acceptors (Lipinski definition) is 3. The Morgan fingerprint density at radius 2 is 2.32 bits per heavy atom. The predicted octanol–water partition coefficient (Wildman–Crippen LogP) is 2.90. The van der Waals surface area contributed by atoms with Crippen molar-refractivity contribution in [3.8, 4) is 0 Å². The molecule has 0 radical (unpaired) electrons. The van der Waals surface area contributed by atoms with Crippen molar-refractivity contribution >= 4 is 28.9 Å². The SMILES string of the molecule is CCc1nc(CNC(=NC)N(C)Cc2cc(Cl)cn2C)cs1. The predicted molar refractivity (Wildman–Crippen MR) is 93.6 cm³/mol. The van der Waals surface area contributed by atoms with E-state index in [2.05, 4.69) is 32.5 Å². The summed E-state index contributed by atoms with van der Waals surface area (Å²) in [4.78, 5) is 11.0. The number of halogens is 1. The molecule has 0 fully saturated rings. The van der Waals surface area contributed by atoms with Crippen LogP contribution >= 0.6 is 22.9 Å². The summed E-state index contributed by atoms with van der Waals surface area (Å²) in [6.45, 7) is 3.54. The first kappa shape index (κ1) is 16.8. The van der Waals surface area contributed by atoms with Gasteiger partial charge in [-0.25, -0.2) is 4.98 Å². The third kappa shape index (κ3) is 4.24. The van der Waals surface area contributed by atoms with E-state index in [0.717, 1.165) is 35.3 Å². The molecule has 2 heterocycles. The number of nitrogens with one attached hydrogen (secondary N) is 1. The van der Waals surface area contributed by atoms with Gasteiger partial charge in [0.1, 0.15) is 0 Å². The summed E-state index contributed by atoms with van der Waals surface area (Å²) in [6, 6.07) is 1.97. The van der Waals surface area contributed by atoms with Crippen LogP contribution in [0.2, 0.25) is 5.02 Å². The first-order chi connectivity index (χ1) is 10.5. The van der Waals surface area contributed by atoms with Crippen LogP contribution in [0.4, 0.5) is 0 Å². The van der Waals surface area contributed by atoms with Gasteiger partial charge in [-0.1, -0.05) is 18.5 Å². The minimum atomic E-state index is 0.682. The molecule has 2 rings (SSSR count). The van der Waals surface area contributed by atoms with E-state index >= 15 is 0 Å². The van der Waals surface area contributed by atoms with Crippen LogP contribution < -0.4 is 5.32 Å². The van der Waals surface area contributed by atoms with E-state index in [-0.39, 0.29) is 0 Å². The quantitative estimate of drug-likeness (QED) is 0.673. The molecular weight excluding hydrogens is 318 g/mol. The normalized spacial score (nSPS) is 11.8. The van der Waals surface area contributed by atoms with Crippen LogP contribution in [0, 0.1) is 0 Å². The molecule has 1 N–H and O–H groups in total. The second-order valence-electron chi connectivity index (χ2n) is 5.10. The summed E-state index contributed by atoms with van der Waals surface area (Å²) in [5, 5.41) is 7.36. The van der Waals surface area contributed by atoms with Gasteiger partial charge in [-0.2, -0.15) is 0 Å². The van der Waals surface area contributed by atoms with Crippen molar-refractivity contribution in [1.29, 1.82) is 0 Å². The number of nitrogens with zero attached hydrogens (tertiary/aromatic N) is 4.